The van der Waals surface area contributed by atoms with E-state index in [1.165, 1.54) is 60.8 Å². The summed E-state index contributed by atoms with van der Waals surface area (Å²) in [4.78, 5) is 0. The Kier molecular flexibility index (Phi) is 8.57. The zero-order chi connectivity index (χ0) is 23.1. The SMILES string of the molecule is C/C=C(\CCCCC1=C(CC)c2cc(CC)ccc2CC1)C1=CC=C(C(C)(C)C)C=CC1. The Morgan fingerprint density at radius 1 is 1.00 bits per heavy atom. The highest BCUT2D eigenvalue weighted by atomic mass is 14.2. The van der Waals surface area contributed by atoms with Crippen molar-refractivity contribution in [1.82, 2.24) is 0 Å². The van der Waals surface area contributed by atoms with E-state index in [0.717, 1.165) is 19.3 Å². The number of unbranched alkanes of at least 4 members (excludes halogenated alkanes) is 1. The minimum absolute atomic E-state index is 0.208. The zero-order valence-corrected chi connectivity index (χ0v) is 21.5. The maximum Gasteiger partial charge on any atom is -0.00916 e. The van der Waals surface area contributed by atoms with Crippen molar-refractivity contribution in [3.05, 3.63) is 87.6 Å². The van der Waals surface area contributed by atoms with Gasteiger partial charge in [0, 0.05) is 0 Å². The predicted octanol–water partition coefficient (Wildman–Crippen LogP) is 9.72. The van der Waals surface area contributed by atoms with Gasteiger partial charge in [-0.3, -0.25) is 0 Å². The molecule has 1 aromatic carbocycles. The van der Waals surface area contributed by atoms with Crippen molar-refractivity contribution in [2.75, 3.05) is 0 Å². The molecule has 0 fully saturated rings. The largest absolute Gasteiger partial charge is 0.0842 e. The number of fused-ring (bicyclic) bond motifs is 1. The van der Waals surface area contributed by atoms with Gasteiger partial charge in [-0.25, -0.2) is 0 Å². The highest BCUT2D eigenvalue weighted by Crippen LogP contribution is 2.37. The van der Waals surface area contributed by atoms with Gasteiger partial charge in [-0.2, -0.15) is 0 Å². The Hall–Kier alpha value is -2.08. The Morgan fingerprint density at radius 2 is 1.81 bits per heavy atom. The van der Waals surface area contributed by atoms with Crippen molar-refractivity contribution in [2.45, 2.75) is 99.3 Å². The fraction of sp³-hybridized carbons (Fsp3) is 0.500. The molecular formula is C32H44. The van der Waals surface area contributed by atoms with E-state index < -0.39 is 0 Å². The summed E-state index contributed by atoms with van der Waals surface area (Å²) >= 11 is 0. The van der Waals surface area contributed by atoms with E-state index in [1.54, 1.807) is 22.3 Å². The molecule has 0 unspecified atom stereocenters. The lowest BCUT2D eigenvalue weighted by atomic mass is 9.81. The van der Waals surface area contributed by atoms with Crippen molar-refractivity contribution in [2.24, 2.45) is 5.41 Å². The van der Waals surface area contributed by atoms with Crippen LogP contribution in [0.15, 0.2) is 70.9 Å². The molecule has 0 spiro atoms. The molecule has 0 aromatic heterocycles. The van der Waals surface area contributed by atoms with E-state index >= 15 is 0 Å². The molecule has 172 valence electrons. The van der Waals surface area contributed by atoms with Gasteiger partial charge in [-0.15, -0.1) is 0 Å². The number of benzene rings is 1. The lowest BCUT2D eigenvalue weighted by Gasteiger charge is -2.24. The third-order valence-electron chi connectivity index (χ3n) is 7.28. The van der Waals surface area contributed by atoms with Crippen LogP contribution in [0.4, 0.5) is 0 Å². The summed E-state index contributed by atoms with van der Waals surface area (Å²) < 4.78 is 0. The molecule has 0 aliphatic heterocycles. The monoisotopic (exact) mass is 428 g/mol. The average molecular weight is 429 g/mol. The minimum atomic E-state index is 0.208. The lowest BCUT2D eigenvalue weighted by molar-refractivity contribution is 0.517. The summed E-state index contributed by atoms with van der Waals surface area (Å²) in [6.45, 7) is 13.7. The molecule has 2 aliphatic rings. The van der Waals surface area contributed by atoms with Crippen molar-refractivity contribution in [3.8, 4) is 0 Å². The molecule has 3 rings (SSSR count). The third-order valence-corrected chi connectivity index (χ3v) is 7.28. The smallest absolute Gasteiger partial charge is 0.00916 e. The maximum absolute atomic E-state index is 2.47. The Morgan fingerprint density at radius 3 is 2.50 bits per heavy atom. The molecule has 0 heterocycles. The third kappa shape index (κ3) is 6.03. The predicted molar refractivity (Wildman–Crippen MR) is 143 cm³/mol. The van der Waals surface area contributed by atoms with E-state index in [4.69, 9.17) is 0 Å². The van der Waals surface area contributed by atoms with Gasteiger partial charge >= 0.3 is 0 Å². The van der Waals surface area contributed by atoms with Crippen LogP contribution in [0, 0.1) is 5.41 Å². The summed E-state index contributed by atoms with van der Waals surface area (Å²) in [6.07, 6.45) is 22.6. The second-order valence-electron chi connectivity index (χ2n) is 10.5. The van der Waals surface area contributed by atoms with Crippen LogP contribution in [0.2, 0.25) is 0 Å². The molecule has 32 heavy (non-hydrogen) atoms. The Balaban J connectivity index is 1.62. The van der Waals surface area contributed by atoms with Crippen molar-refractivity contribution in [1.29, 1.82) is 0 Å². The second kappa shape index (κ2) is 11.2. The van der Waals surface area contributed by atoms with Crippen LogP contribution in [0.5, 0.6) is 0 Å². The quantitative estimate of drug-likeness (QED) is 0.361. The first kappa shape index (κ1) is 24.6. The molecule has 0 bridgehead atoms. The maximum atomic E-state index is 2.47. The van der Waals surface area contributed by atoms with E-state index in [2.05, 4.69) is 90.1 Å². The van der Waals surface area contributed by atoms with Crippen LogP contribution >= 0.6 is 0 Å². The number of rotatable bonds is 8. The average Bonchev–Trinajstić information content (AvgIpc) is 3.05. The number of hydrogen-bond donors (Lipinski definition) is 0. The minimum Gasteiger partial charge on any atom is -0.0842 e. The van der Waals surface area contributed by atoms with Gasteiger partial charge in [0.05, 0.1) is 0 Å². The number of hydrogen-bond acceptors (Lipinski definition) is 0. The Bertz CT molecular complexity index is 950. The van der Waals surface area contributed by atoms with Gasteiger partial charge < -0.3 is 0 Å². The molecule has 0 heteroatoms. The fourth-order valence-corrected chi connectivity index (χ4v) is 5.19. The van der Waals surface area contributed by atoms with Crippen LogP contribution < -0.4 is 0 Å². The van der Waals surface area contributed by atoms with Gasteiger partial charge in [0.1, 0.15) is 0 Å². The number of aryl methyl sites for hydroxylation is 2. The van der Waals surface area contributed by atoms with Crippen molar-refractivity contribution < 1.29 is 0 Å². The zero-order valence-electron chi connectivity index (χ0n) is 21.5. The normalized spacial score (nSPS) is 17.1. The summed E-state index contributed by atoms with van der Waals surface area (Å²) in [6, 6.07) is 7.18. The van der Waals surface area contributed by atoms with E-state index in [1.807, 2.05) is 0 Å². The van der Waals surface area contributed by atoms with E-state index in [0.29, 0.717) is 0 Å². The molecule has 0 N–H and O–H groups in total. The van der Waals surface area contributed by atoms with Crippen LogP contribution in [0.3, 0.4) is 0 Å². The molecule has 0 amide bonds. The van der Waals surface area contributed by atoms with E-state index in [-0.39, 0.29) is 5.41 Å². The van der Waals surface area contributed by atoms with Crippen LogP contribution in [-0.2, 0) is 12.8 Å². The number of allylic oxidation sites excluding steroid dienone is 10. The van der Waals surface area contributed by atoms with Crippen LogP contribution in [0.25, 0.3) is 5.57 Å². The second-order valence-corrected chi connectivity index (χ2v) is 10.5. The molecule has 0 nitrogen and oxygen atoms in total. The lowest BCUT2D eigenvalue weighted by Crippen LogP contribution is -2.06. The first-order chi connectivity index (χ1) is 15.4. The first-order valence-corrected chi connectivity index (χ1v) is 12.9. The molecule has 1 aromatic rings. The Labute approximate surface area is 197 Å². The van der Waals surface area contributed by atoms with Gasteiger partial charge in [-0.05, 0) is 109 Å². The highest BCUT2D eigenvalue weighted by molar-refractivity contribution is 5.73. The molecule has 0 saturated carbocycles. The van der Waals surface area contributed by atoms with Crippen LogP contribution in [0.1, 0.15) is 103 Å². The van der Waals surface area contributed by atoms with Gasteiger partial charge in [0.2, 0.25) is 0 Å². The van der Waals surface area contributed by atoms with Crippen molar-refractivity contribution >= 4 is 5.57 Å². The van der Waals surface area contributed by atoms with Gasteiger partial charge in [0.25, 0.3) is 0 Å². The standard InChI is InChI=1S/C32H44/c1-7-24-17-18-28-20-19-27(30(9-3)31(28)23-24)14-11-10-13-25(8-2)26-15-12-16-29(22-21-26)32(4,5)6/h8,12,16-18,21-23H,7,9-11,13-15,19-20H2,1-6H3/b25-8+. The molecule has 0 atom stereocenters. The van der Waals surface area contributed by atoms with Crippen molar-refractivity contribution in [3.63, 3.8) is 0 Å². The highest BCUT2D eigenvalue weighted by Gasteiger charge is 2.18. The van der Waals surface area contributed by atoms with Gasteiger partial charge in [-0.1, -0.05) is 88.8 Å². The molecule has 2 aliphatic carbocycles. The van der Waals surface area contributed by atoms with Crippen LogP contribution in [-0.4, -0.2) is 0 Å². The molecular weight excluding hydrogens is 384 g/mol. The fourth-order valence-electron chi connectivity index (χ4n) is 5.19. The molecule has 0 radical (unpaired) electrons. The van der Waals surface area contributed by atoms with Gasteiger partial charge in [0.15, 0.2) is 0 Å². The summed E-state index contributed by atoms with van der Waals surface area (Å²) in [5, 5.41) is 0. The topological polar surface area (TPSA) is 0 Å². The first-order valence-electron chi connectivity index (χ1n) is 12.9. The summed E-state index contributed by atoms with van der Waals surface area (Å²) in [5.74, 6) is 0. The van der Waals surface area contributed by atoms with E-state index in [9.17, 15) is 0 Å². The summed E-state index contributed by atoms with van der Waals surface area (Å²) in [7, 11) is 0. The molecule has 0 saturated heterocycles. The summed E-state index contributed by atoms with van der Waals surface area (Å²) in [5.41, 5.74) is 12.6.